The van der Waals surface area contributed by atoms with E-state index >= 15 is 0 Å². The molecule has 0 aliphatic carbocycles. The van der Waals surface area contributed by atoms with E-state index in [0.717, 1.165) is 19.3 Å². The second-order valence-electron chi connectivity index (χ2n) is 6.36. The van der Waals surface area contributed by atoms with Crippen LogP contribution in [0.1, 0.15) is 65.2 Å². The van der Waals surface area contributed by atoms with Gasteiger partial charge in [-0.1, -0.05) is 55.9 Å². The number of hydrogen-bond donors (Lipinski definition) is 0. The van der Waals surface area contributed by atoms with E-state index in [9.17, 15) is 4.39 Å². The van der Waals surface area contributed by atoms with Gasteiger partial charge < -0.3 is 0 Å². The molecule has 0 aliphatic heterocycles. The summed E-state index contributed by atoms with van der Waals surface area (Å²) in [5, 5.41) is 8.83. The lowest BCUT2D eigenvalue weighted by atomic mass is 9.95. The number of unbranched alkanes of at least 4 members (excludes halogenated alkanes) is 1. The quantitative estimate of drug-likeness (QED) is 0.189. The van der Waals surface area contributed by atoms with E-state index in [1.807, 2.05) is 24.3 Å². The molecule has 0 aliphatic rings. The monoisotopic (exact) mass is 331 g/mol. The Morgan fingerprint density at radius 2 is 1.96 bits per heavy atom. The van der Waals surface area contributed by atoms with Crippen LogP contribution in [0.15, 0.2) is 49.1 Å². The minimum atomic E-state index is -1.07. The number of nitrogens with zero attached hydrogens (tertiary/aromatic N) is 1. The van der Waals surface area contributed by atoms with E-state index in [1.54, 1.807) is 0 Å². The number of allylic oxidation sites excluding steroid dienone is 6. The van der Waals surface area contributed by atoms with Gasteiger partial charge in [0, 0.05) is 0 Å². The molecule has 0 radical (unpaired) electrons. The fourth-order valence-corrected chi connectivity index (χ4v) is 2.68. The van der Waals surface area contributed by atoms with Crippen LogP contribution in [0.3, 0.4) is 0 Å². The van der Waals surface area contributed by atoms with Crippen LogP contribution in [0.5, 0.6) is 0 Å². The Kier molecular flexibility index (Phi) is 13.9. The Bertz CT molecular complexity index is 439. The third-order valence-electron chi connectivity index (χ3n) is 4.31. The zero-order chi connectivity index (χ0) is 18.2. The maximum Gasteiger partial charge on any atom is 0.113 e. The smallest absolute Gasteiger partial charge is 0.113 e. The summed E-state index contributed by atoms with van der Waals surface area (Å²) in [6, 6.07) is 2.01. The molecular weight excluding hydrogens is 297 g/mol. The Hall–Kier alpha value is -1.62. The van der Waals surface area contributed by atoms with E-state index in [-0.39, 0.29) is 0 Å². The SMILES string of the molecule is C=C/C(=C\CC/C=C/CC(C#N)C(C)F)CCCC(C=C)CCC. The Balaban J connectivity index is 4.06. The fourth-order valence-electron chi connectivity index (χ4n) is 2.68. The van der Waals surface area contributed by atoms with Crippen LogP contribution in [0.4, 0.5) is 4.39 Å². The van der Waals surface area contributed by atoms with E-state index < -0.39 is 12.1 Å². The maximum atomic E-state index is 13.1. The average Bonchev–Trinajstić information content (AvgIpc) is 2.58. The van der Waals surface area contributed by atoms with Crippen LogP contribution < -0.4 is 0 Å². The number of nitriles is 1. The van der Waals surface area contributed by atoms with Gasteiger partial charge in [-0.3, -0.25) is 0 Å². The molecule has 0 aromatic heterocycles. The second kappa shape index (κ2) is 14.9. The van der Waals surface area contributed by atoms with Crippen molar-refractivity contribution in [2.75, 3.05) is 0 Å². The molecule has 0 rings (SSSR count). The third kappa shape index (κ3) is 11.0. The van der Waals surface area contributed by atoms with Crippen LogP contribution >= 0.6 is 0 Å². The highest BCUT2D eigenvalue weighted by Crippen LogP contribution is 2.19. The van der Waals surface area contributed by atoms with Crippen molar-refractivity contribution in [2.45, 2.75) is 71.4 Å². The van der Waals surface area contributed by atoms with Gasteiger partial charge in [0.05, 0.1) is 12.0 Å². The van der Waals surface area contributed by atoms with Crippen molar-refractivity contribution in [3.8, 4) is 6.07 Å². The molecule has 24 heavy (non-hydrogen) atoms. The van der Waals surface area contributed by atoms with Crippen molar-refractivity contribution >= 4 is 0 Å². The Labute approximate surface area is 148 Å². The second-order valence-corrected chi connectivity index (χ2v) is 6.36. The normalized spacial score (nSPS) is 15.7. The van der Waals surface area contributed by atoms with Crippen LogP contribution in [0.2, 0.25) is 0 Å². The van der Waals surface area contributed by atoms with Gasteiger partial charge in [0.25, 0.3) is 0 Å². The molecule has 0 saturated carbocycles. The molecule has 0 bridgehead atoms. The van der Waals surface area contributed by atoms with Gasteiger partial charge in [-0.25, -0.2) is 4.39 Å². The summed E-state index contributed by atoms with van der Waals surface area (Å²) in [6.07, 6.45) is 17.4. The van der Waals surface area contributed by atoms with Gasteiger partial charge in [-0.15, -0.1) is 6.58 Å². The maximum absolute atomic E-state index is 13.1. The molecule has 0 saturated heterocycles. The van der Waals surface area contributed by atoms with Gasteiger partial charge >= 0.3 is 0 Å². The van der Waals surface area contributed by atoms with Crippen molar-refractivity contribution < 1.29 is 4.39 Å². The lowest BCUT2D eigenvalue weighted by Crippen LogP contribution is -2.08. The van der Waals surface area contributed by atoms with Crippen molar-refractivity contribution in [3.05, 3.63) is 49.1 Å². The predicted octanol–water partition coefficient (Wildman–Crippen LogP) is 7.10. The highest BCUT2D eigenvalue weighted by molar-refractivity contribution is 5.16. The molecule has 0 N–H and O–H groups in total. The first-order valence-corrected chi connectivity index (χ1v) is 9.21. The fraction of sp³-hybridized carbons (Fsp3) is 0.591. The van der Waals surface area contributed by atoms with Crippen molar-refractivity contribution in [3.63, 3.8) is 0 Å². The summed E-state index contributed by atoms with van der Waals surface area (Å²) in [6.45, 7) is 11.5. The molecule has 2 heteroatoms. The molecule has 0 heterocycles. The summed E-state index contributed by atoms with van der Waals surface area (Å²) in [5.41, 5.74) is 1.30. The average molecular weight is 332 g/mol. The van der Waals surface area contributed by atoms with Crippen molar-refractivity contribution in [2.24, 2.45) is 11.8 Å². The summed E-state index contributed by atoms with van der Waals surface area (Å²) < 4.78 is 13.1. The van der Waals surface area contributed by atoms with Gasteiger partial charge in [-0.05, 0) is 57.8 Å². The first-order valence-electron chi connectivity index (χ1n) is 9.21. The van der Waals surface area contributed by atoms with E-state index in [1.165, 1.54) is 38.2 Å². The van der Waals surface area contributed by atoms with Gasteiger partial charge in [-0.2, -0.15) is 5.26 Å². The molecule has 0 aromatic rings. The van der Waals surface area contributed by atoms with Crippen LogP contribution in [-0.2, 0) is 0 Å². The largest absolute Gasteiger partial charge is 0.246 e. The summed E-state index contributed by atoms with van der Waals surface area (Å²) in [4.78, 5) is 0. The zero-order valence-corrected chi connectivity index (χ0v) is 15.5. The third-order valence-corrected chi connectivity index (χ3v) is 4.31. The predicted molar refractivity (Wildman–Crippen MR) is 103 cm³/mol. The lowest BCUT2D eigenvalue weighted by Gasteiger charge is -2.11. The summed E-state index contributed by atoms with van der Waals surface area (Å²) >= 11 is 0. The van der Waals surface area contributed by atoms with Gasteiger partial charge in [0.1, 0.15) is 6.17 Å². The molecule has 0 amide bonds. The summed E-state index contributed by atoms with van der Waals surface area (Å²) in [5.74, 6) is 0.108. The number of hydrogen-bond acceptors (Lipinski definition) is 1. The molecule has 3 unspecified atom stereocenters. The minimum absolute atomic E-state index is 0.493. The highest BCUT2D eigenvalue weighted by Gasteiger charge is 2.13. The Morgan fingerprint density at radius 1 is 1.21 bits per heavy atom. The zero-order valence-electron chi connectivity index (χ0n) is 15.5. The van der Waals surface area contributed by atoms with Crippen molar-refractivity contribution in [1.82, 2.24) is 0 Å². The highest BCUT2D eigenvalue weighted by atomic mass is 19.1. The van der Waals surface area contributed by atoms with E-state index in [4.69, 9.17) is 5.26 Å². The van der Waals surface area contributed by atoms with Crippen molar-refractivity contribution in [1.29, 1.82) is 5.26 Å². The molecular formula is C22H34FN. The van der Waals surface area contributed by atoms with Gasteiger partial charge in [0.15, 0.2) is 0 Å². The first-order chi connectivity index (χ1) is 11.6. The Morgan fingerprint density at radius 3 is 2.50 bits per heavy atom. The van der Waals surface area contributed by atoms with Crippen LogP contribution in [-0.4, -0.2) is 6.17 Å². The first kappa shape index (κ1) is 22.4. The molecule has 134 valence electrons. The molecule has 0 fully saturated rings. The standard InChI is InChI=1S/C22H34FN/c1-5-13-20(6-2)15-12-16-21(7-3)14-10-8-9-11-17-22(18-24)19(4)23/h6-7,9,11,14,19-20,22H,2-3,5,8,10,12-13,15-17H2,1,4H3/b11-9+,21-14+. The topological polar surface area (TPSA) is 23.8 Å². The van der Waals surface area contributed by atoms with Crippen LogP contribution in [0, 0.1) is 23.2 Å². The van der Waals surface area contributed by atoms with Gasteiger partial charge in [0.2, 0.25) is 0 Å². The number of alkyl halides is 1. The number of halogens is 1. The molecule has 3 atom stereocenters. The summed E-state index contributed by atoms with van der Waals surface area (Å²) in [7, 11) is 0. The number of rotatable bonds is 14. The van der Waals surface area contributed by atoms with E-state index in [0.29, 0.717) is 12.3 Å². The molecule has 0 spiro atoms. The molecule has 0 aromatic carbocycles. The minimum Gasteiger partial charge on any atom is -0.246 e. The van der Waals surface area contributed by atoms with Crippen LogP contribution in [0.25, 0.3) is 0 Å². The van der Waals surface area contributed by atoms with E-state index in [2.05, 4.69) is 32.2 Å². The lowest BCUT2D eigenvalue weighted by molar-refractivity contribution is 0.293. The molecule has 1 nitrogen and oxygen atoms in total.